The molecule has 4 heteroatoms. The third-order valence-corrected chi connectivity index (χ3v) is 2.84. The summed E-state index contributed by atoms with van der Waals surface area (Å²) in [6, 6.07) is 11.5. The number of hydrogen-bond donors (Lipinski definition) is 1. The van der Waals surface area contributed by atoms with Gasteiger partial charge in [-0.15, -0.1) is 0 Å². The number of esters is 1. The number of rotatable bonds is 4. The number of ether oxygens (including phenoxy) is 1. The Morgan fingerprint density at radius 1 is 1.32 bits per heavy atom. The zero-order valence-electron chi connectivity index (χ0n) is 11.3. The minimum absolute atomic E-state index is 0.0276. The maximum Gasteiger partial charge on any atom is 0.373 e. The third kappa shape index (κ3) is 3.16. The minimum atomic E-state index is -0.464. The summed E-state index contributed by atoms with van der Waals surface area (Å²) >= 11 is 0. The maximum atomic E-state index is 11.3. The lowest BCUT2D eigenvalue weighted by Crippen LogP contribution is -2.06. The van der Waals surface area contributed by atoms with Crippen molar-refractivity contribution in [3.8, 4) is 0 Å². The number of carbonyl (C=O) groups excluding carboxylic acids is 1. The highest BCUT2D eigenvalue weighted by molar-refractivity contribution is 5.86. The second-order valence-corrected chi connectivity index (χ2v) is 4.43. The maximum absolute atomic E-state index is 11.3. The van der Waals surface area contributed by atoms with E-state index in [1.54, 1.807) is 12.1 Å². The zero-order chi connectivity index (χ0) is 13.8. The summed E-state index contributed by atoms with van der Waals surface area (Å²) < 4.78 is 10.1. The van der Waals surface area contributed by atoms with Gasteiger partial charge in [-0.3, -0.25) is 0 Å². The number of nitrogens with one attached hydrogen (secondary N) is 1. The lowest BCUT2D eigenvalue weighted by Gasteiger charge is -2.13. The molecule has 0 amide bonds. The second-order valence-electron chi connectivity index (χ2n) is 4.43. The molecule has 0 aliphatic rings. The van der Waals surface area contributed by atoms with Crippen LogP contribution in [-0.4, -0.2) is 13.1 Å². The fourth-order valence-electron chi connectivity index (χ4n) is 1.85. The van der Waals surface area contributed by atoms with Crippen LogP contribution in [-0.2, 0) is 4.74 Å². The number of furan rings is 1. The van der Waals surface area contributed by atoms with E-state index >= 15 is 0 Å². The average molecular weight is 259 g/mol. The van der Waals surface area contributed by atoms with E-state index in [1.165, 1.54) is 12.7 Å². The van der Waals surface area contributed by atoms with E-state index in [9.17, 15) is 4.79 Å². The monoisotopic (exact) mass is 259 g/mol. The topological polar surface area (TPSA) is 51.5 Å². The SMILES string of the molecule is COC(=O)c1ccc(C(C)Nc2cccc(C)c2)o1. The quantitative estimate of drug-likeness (QED) is 0.853. The molecule has 0 saturated carbocycles. The number of benzene rings is 1. The highest BCUT2D eigenvalue weighted by Crippen LogP contribution is 2.22. The van der Waals surface area contributed by atoms with E-state index in [2.05, 4.69) is 16.1 Å². The fraction of sp³-hybridized carbons (Fsp3) is 0.267. The molecule has 1 heterocycles. The van der Waals surface area contributed by atoms with Gasteiger partial charge in [0.05, 0.1) is 13.2 Å². The van der Waals surface area contributed by atoms with Gasteiger partial charge in [-0.25, -0.2) is 4.79 Å². The molecule has 0 aliphatic heterocycles. The Morgan fingerprint density at radius 2 is 2.11 bits per heavy atom. The molecule has 0 aliphatic carbocycles. The molecule has 1 aromatic heterocycles. The molecule has 100 valence electrons. The zero-order valence-corrected chi connectivity index (χ0v) is 11.3. The van der Waals surface area contributed by atoms with Gasteiger partial charge in [0, 0.05) is 5.69 Å². The van der Waals surface area contributed by atoms with Crippen LogP contribution < -0.4 is 5.32 Å². The first-order valence-electron chi connectivity index (χ1n) is 6.11. The van der Waals surface area contributed by atoms with Crippen LogP contribution in [0.2, 0.25) is 0 Å². The first-order valence-corrected chi connectivity index (χ1v) is 6.11. The van der Waals surface area contributed by atoms with Crippen LogP contribution in [0.1, 0.15) is 34.8 Å². The van der Waals surface area contributed by atoms with Crippen LogP contribution in [0.4, 0.5) is 5.69 Å². The summed E-state index contributed by atoms with van der Waals surface area (Å²) in [6.45, 7) is 4.01. The van der Waals surface area contributed by atoms with Crippen LogP contribution in [0, 0.1) is 6.92 Å². The summed E-state index contributed by atoms with van der Waals surface area (Å²) in [6.07, 6.45) is 0. The van der Waals surface area contributed by atoms with Crippen molar-refractivity contribution in [1.29, 1.82) is 0 Å². The van der Waals surface area contributed by atoms with E-state index in [1.807, 2.05) is 32.0 Å². The summed E-state index contributed by atoms with van der Waals surface area (Å²) in [4.78, 5) is 11.3. The Kier molecular flexibility index (Phi) is 3.90. The van der Waals surface area contributed by atoms with Gasteiger partial charge in [-0.2, -0.15) is 0 Å². The molecule has 0 spiro atoms. The predicted molar refractivity (Wildman–Crippen MR) is 73.3 cm³/mol. The minimum Gasteiger partial charge on any atom is -0.463 e. The summed E-state index contributed by atoms with van der Waals surface area (Å²) in [5, 5.41) is 3.32. The van der Waals surface area contributed by atoms with Gasteiger partial charge < -0.3 is 14.5 Å². The van der Waals surface area contributed by atoms with Crippen LogP contribution in [0.25, 0.3) is 0 Å². The predicted octanol–water partition coefficient (Wildman–Crippen LogP) is 3.55. The number of methoxy groups -OCH3 is 1. The van der Waals surface area contributed by atoms with Gasteiger partial charge in [0.1, 0.15) is 5.76 Å². The van der Waals surface area contributed by atoms with Crippen molar-refractivity contribution in [3.63, 3.8) is 0 Å². The fourth-order valence-corrected chi connectivity index (χ4v) is 1.85. The molecule has 0 fully saturated rings. The molecule has 19 heavy (non-hydrogen) atoms. The summed E-state index contributed by atoms with van der Waals surface area (Å²) in [5.74, 6) is 0.450. The van der Waals surface area contributed by atoms with Gasteiger partial charge in [0.15, 0.2) is 0 Å². The molecule has 2 rings (SSSR count). The molecule has 1 N–H and O–H groups in total. The van der Waals surface area contributed by atoms with Gasteiger partial charge in [0.25, 0.3) is 0 Å². The Hall–Kier alpha value is -2.23. The molecule has 2 aromatic rings. The van der Waals surface area contributed by atoms with Gasteiger partial charge in [-0.05, 0) is 43.7 Å². The van der Waals surface area contributed by atoms with Crippen molar-refractivity contribution < 1.29 is 13.9 Å². The average Bonchev–Trinajstić information content (AvgIpc) is 2.87. The van der Waals surface area contributed by atoms with E-state index in [4.69, 9.17) is 4.42 Å². The molecular weight excluding hydrogens is 242 g/mol. The van der Waals surface area contributed by atoms with Crippen LogP contribution in [0.5, 0.6) is 0 Å². The molecule has 0 bridgehead atoms. The molecular formula is C15H17NO3. The first kappa shape index (κ1) is 13.2. The molecule has 1 aromatic carbocycles. The van der Waals surface area contributed by atoms with E-state index in [0.717, 1.165) is 5.69 Å². The van der Waals surface area contributed by atoms with Crippen molar-refractivity contribution in [2.75, 3.05) is 12.4 Å². The van der Waals surface area contributed by atoms with E-state index < -0.39 is 5.97 Å². The van der Waals surface area contributed by atoms with Crippen LogP contribution in [0.15, 0.2) is 40.8 Å². The Labute approximate surface area is 112 Å². The van der Waals surface area contributed by atoms with Gasteiger partial charge >= 0.3 is 5.97 Å². The summed E-state index contributed by atoms with van der Waals surface area (Å²) in [5.41, 5.74) is 2.20. The van der Waals surface area contributed by atoms with Gasteiger partial charge in [0.2, 0.25) is 5.76 Å². The smallest absolute Gasteiger partial charge is 0.373 e. The van der Waals surface area contributed by atoms with E-state index in [0.29, 0.717) is 5.76 Å². The lowest BCUT2D eigenvalue weighted by atomic mass is 10.2. The highest BCUT2D eigenvalue weighted by atomic mass is 16.5. The first-order chi connectivity index (χ1) is 9.10. The van der Waals surface area contributed by atoms with Crippen molar-refractivity contribution in [2.24, 2.45) is 0 Å². The molecule has 0 radical (unpaired) electrons. The molecule has 1 atom stereocenters. The Bertz CT molecular complexity index is 574. The normalized spacial score (nSPS) is 11.9. The highest BCUT2D eigenvalue weighted by Gasteiger charge is 2.15. The largest absolute Gasteiger partial charge is 0.463 e. The van der Waals surface area contributed by atoms with E-state index in [-0.39, 0.29) is 11.8 Å². The third-order valence-electron chi connectivity index (χ3n) is 2.84. The molecule has 1 unspecified atom stereocenters. The van der Waals surface area contributed by atoms with Crippen molar-refractivity contribution in [1.82, 2.24) is 0 Å². The molecule has 4 nitrogen and oxygen atoms in total. The van der Waals surface area contributed by atoms with Crippen molar-refractivity contribution in [3.05, 3.63) is 53.5 Å². The number of carbonyl (C=O) groups is 1. The van der Waals surface area contributed by atoms with Crippen LogP contribution in [0.3, 0.4) is 0 Å². The standard InChI is InChI=1S/C15H17NO3/c1-10-5-4-6-12(9-10)16-11(2)13-7-8-14(19-13)15(17)18-3/h4-9,11,16H,1-3H3. The van der Waals surface area contributed by atoms with Crippen molar-refractivity contribution in [2.45, 2.75) is 19.9 Å². The number of aryl methyl sites for hydroxylation is 1. The summed E-state index contributed by atoms with van der Waals surface area (Å²) in [7, 11) is 1.33. The number of hydrogen-bond acceptors (Lipinski definition) is 4. The second kappa shape index (κ2) is 5.61. The lowest BCUT2D eigenvalue weighted by molar-refractivity contribution is 0.0562. The van der Waals surface area contributed by atoms with Gasteiger partial charge in [-0.1, -0.05) is 12.1 Å². The number of anilines is 1. The van der Waals surface area contributed by atoms with Crippen LogP contribution >= 0.6 is 0 Å². The Balaban J connectivity index is 2.09. The Morgan fingerprint density at radius 3 is 2.79 bits per heavy atom. The molecule has 0 saturated heterocycles. The van der Waals surface area contributed by atoms with Crippen molar-refractivity contribution >= 4 is 11.7 Å².